The van der Waals surface area contributed by atoms with E-state index in [9.17, 15) is 19.5 Å². The van der Waals surface area contributed by atoms with Gasteiger partial charge < -0.3 is 19.8 Å². The van der Waals surface area contributed by atoms with E-state index in [0.717, 1.165) is 12.8 Å². The van der Waals surface area contributed by atoms with Gasteiger partial charge >= 0.3 is 0 Å². The Bertz CT molecular complexity index is 1120. The highest BCUT2D eigenvalue weighted by Gasteiger charge is 2.74. The number of carbonyl (C=O) groups excluding carboxylic acids is 3. The normalized spacial score (nSPS) is 29.1. The topological polar surface area (TPSA) is 81.2 Å². The van der Waals surface area contributed by atoms with Crippen LogP contribution in [0.15, 0.2) is 49.6 Å². The first-order chi connectivity index (χ1) is 18.2. The number of thioether (sulfide) groups is 1. The zero-order chi connectivity index (χ0) is 27.8. The zero-order valence-electron chi connectivity index (χ0n) is 22.4. The minimum Gasteiger partial charge on any atom is -0.394 e. The van der Waals surface area contributed by atoms with Crippen LogP contribution in [0.5, 0.6) is 0 Å². The highest BCUT2D eigenvalue weighted by molar-refractivity contribution is 8.02. The Morgan fingerprint density at radius 2 is 1.95 bits per heavy atom. The average Bonchev–Trinajstić information content (AvgIpc) is 3.55. The summed E-state index contributed by atoms with van der Waals surface area (Å²) in [5.41, 5.74) is 0.547. The van der Waals surface area contributed by atoms with Gasteiger partial charge in [0.25, 0.3) is 5.91 Å². The first-order valence-electron chi connectivity index (χ1n) is 13.3. The molecule has 2 bridgehead atoms. The molecule has 0 radical (unpaired) electrons. The lowest BCUT2D eigenvalue weighted by Crippen LogP contribution is -2.58. The SMILES string of the molecule is C=CCN(C)C(=O)[C@@H]1[C@H]2C(=O)N([C@@H](CO)[C@@H](C)CC)C(C(=O)N(CC=C)c3ccccc3Cl)C23CC[C@H]1S3. The number of para-hydroxylation sites is 1. The van der Waals surface area contributed by atoms with Gasteiger partial charge in [-0.1, -0.05) is 56.2 Å². The standard InChI is InChI=1S/C29H38ClN3O4S/c1-6-15-31(5)26(35)23-22-13-14-29(38-22)24(23)27(36)33(21(17-34)18(4)8-3)25(29)28(37)32(16-7-2)20-12-10-9-11-19(20)30/h6-7,9-12,18,21-25,34H,1-2,8,13-17H2,3-5H3/t18-,21-,22+,23-,24-,25?,29?/m0/s1. The van der Waals surface area contributed by atoms with E-state index in [-0.39, 0.29) is 42.0 Å². The number of benzene rings is 1. The Morgan fingerprint density at radius 3 is 2.55 bits per heavy atom. The molecular weight excluding hydrogens is 522 g/mol. The van der Waals surface area contributed by atoms with E-state index in [2.05, 4.69) is 13.2 Å². The van der Waals surface area contributed by atoms with E-state index in [1.165, 1.54) is 0 Å². The van der Waals surface area contributed by atoms with E-state index in [1.807, 2.05) is 19.9 Å². The van der Waals surface area contributed by atoms with Crippen LogP contribution in [0.3, 0.4) is 0 Å². The number of hydrogen-bond acceptors (Lipinski definition) is 5. The minimum atomic E-state index is -0.833. The van der Waals surface area contributed by atoms with Crippen molar-refractivity contribution in [3.05, 3.63) is 54.6 Å². The fraction of sp³-hybridized carbons (Fsp3) is 0.552. The van der Waals surface area contributed by atoms with Crippen molar-refractivity contribution in [1.82, 2.24) is 9.80 Å². The largest absolute Gasteiger partial charge is 0.394 e. The molecule has 9 heteroatoms. The molecular formula is C29H38ClN3O4S. The van der Waals surface area contributed by atoms with Gasteiger partial charge in [-0.2, -0.15) is 0 Å². The summed E-state index contributed by atoms with van der Waals surface area (Å²) in [5.74, 6) is -1.74. The number of aliphatic hydroxyl groups excluding tert-OH is 1. The van der Waals surface area contributed by atoms with Crippen LogP contribution in [0.2, 0.25) is 5.02 Å². The second-order valence-electron chi connectivity index (χ2n) is 10.6. The van der Waals surface area contributed by atoms with Crippen LogP contribution in [0, 0.1) is 17.8 Å². The highest BCUT2D eigenvalue weighted by atomic mass is 35.5. The van der Waals surface area contributed by atoms with Crippen LogP contribution in [-0.4, -0.2) is 81.5 Å². The van der Waals surface area contributed by atoms with Crippen LogP contribution < -0.4 is 4.90 Å². The number of anilines is 1. The second-order valence-corrected chi connectivity index (χ2v) is 12.6. The van der Waals surface area contributed by atoms with Crippen molar-refractivity contribution in [2.45, 2.75) is 55.2 Å². The van der Waals surface area contributed by atoms with E-state index >= 15 is 0 Å². The lowest BCUT2D eigenvalue weighted by atomic mass is 9.70. The molecule has 3 aliphatic rings. The highest BCUT2D eigenvalue weighted by Crippen LogP contribution is 2.67. The number of carbonyl (C=O) groups is 3. The van der Waals surface area contributed by atoms with Gasteiger partial charge in [0.1, 0.15) is 6.04 Å². The van der Waals surface area contributed by atoms with E-state index in [1.54, 1.807) is 63.9 Å². The maximum absolute atomic E-state index is 14.6. The summed E-state index contributed by atoms with van der Waals surface area (Å²) >= 11 is 8.16. The van der Waals surface area contributed by atoms with Gasteiger partial charge in [-0.25, -0.2) is 0 Å². The van der Waals surface area contributed by atoms with Gasteiger partial charge in [-0.05, 0) is 30.9 Å². The Kier molecular flexibility index (Phi) is 8.65. The molecule has 3 fully saturated rings. The maximum atomic E-state index is 14.6. The molecule has 3 aliphatic heterocycles. The first kappa shape index (κ1) is 28.7. The fourth-order valence-corrected chi connectivity index (χ4v) is 9.05. The minimum absolute atomic E-state index is 0.0366. The van der Waals surface area contributed by atoms with Crippen molar-refractivity contribution in [3.8, 4) is 0 Å². The van der Waals surface area contributed by atoms with Crippen LogP contribution >= 0.6 is 23.4 Å². The number of hydrogen-bond donors (Lipinski definition) is 1. The molecule has 0 aliphatic carbocycles. The number of likely N-dealkylation sites (N-methyl/N-ethyl adjacent to an activating group) is 1. The number of fused-ring (bicyclic) bond motifs is 1. The average molecular weight is 560 g/mol. The van der Waals surface area contributed by atoms with Crippen LogP contribution in [0.1, 0.15) is 33.1 Å². The molecule has 38 heavy (non-hydrogen) atoms. The lowest BCUT2D eigenvalue weighted by Gasteiger charge is -2.41. The predicted molar refractivity (Wildman–Crippen MR) is 153 cm³/mol. The molecule has 1 aromatic carbocycles. The molecule has 7 atom stereocenters. The Morgan fingerprint density at radius 1 is 1.26 bits per heavy atom. The molecule has 206 valence electrons. The van der Waals surface area contributed by atoms with Crippen LogP contribution in [0.4, 0.5) is 5.69 Å². The van der Waals surface area contributed by atoms with Gasteiger partial charge in [0, 0.05) is 25.4 Å². The van der Waals surface area contributed by atoms with Crippen molar-refractivity contribution in [2.24, 2.45) is 17.8 Å². The summed E-state index contributed by atoms with van der Waals surface area (Å²) in [6.07, 6.45) is 5.46. The van der Waals surface area contributed by atoms with E-state index < -0.39 is 28.7 Å². The number of nitrogens with zero attached hydrogens (tertiary/aromatic N) is 3. The summed E-state index contributed by atoms with van der Waals surface area (Å²) in [6.45, 7) is 11.9. The number of rotatable bonds is 11. The summed E-state index contributed by atoms with van der Waals surface area (Å²) in [5, 5.41) is 10.9. The van der Waals surface area contributed by atoms with Crippen molar-refractivity contribution < 1.29 is 19.5 Å². The van der Waals surface area contributed by atoms with Gasteiger partial charge in [0.05, 0.1) is 39.9 Å². The Labute approximate surface area is 234 Å². The molecule has 0 aromatic heterocycles. The van der Waals surface area contributed by atoms with Gasteiger partial charge in [0.15, 0.2) is 0 Å². The molecule has 1 N–H and O–H groups in total. The Hall–Kier alpha value is -2.29. The van der Waals surface area contributed by atoms with Gasteiger partial charge in [-0.15, -0.1) is 24.9 Å². The number of halogens is 1. The summed E-state index contributed by atoms with van der Waals surface area (Å²) < 4.78 is -0.754. The fourth-order valence-electron chi connectivity index (χ4n) is 6.62. The third-order valence-electron chi connectivity index (χ3n) is 8.60. The number of aliphatic hydroxyl groups is 1. The van der Waals surface area contributed by atoms with Gasteiger partial charge in [0.2, 0.25) is 11.8 Å². The predicted octanol–water partition coefficient (Wildman–Crippen LogP) is 4.00. The molecule has 3 saturated heterocycles. The molecule has 4 rings (SSSR count). The zero-order valence-corrected chi connectivity index (χ0v) is 24.0. The smallest absolute Gasteiger partial charge is 0.251 e. The van der Waals surface area contributed by atoms with Crippen LogP contribution in [-0.2, 0) is 14.4 Å². The van der Waals surface area contributed by atoms with E-state index in [4.69, 9.17) is 11.6 Å². The van der Waals surface area contributed by atoms with Crippen molar-refractivity contribution in [1.29, 1.82) is 0 Å². The van der Waals surface area contributed by atoms with Crippen LogP contribution in [0.25, 0.3) is 0 Å². The second kappa shape index (κ2) is 11.4. The molecule has 3 amide bonds. The molecule has 2 unspecified atom stereocenters. The third-order valence-corrected chi connectivity index (χ3v) is 10.9. The van der Waals surface area contributed by atoms with Crippen molar-refractivity contribution in [3.63, 3.8) is 0 Å². The third kappa shape index (κ3) is 4.48. The lowest BCUT2D eigenvalue weighted by molar-refractivity contribution is -0.145. The van der Waals surface area contributed by atoms with Crippen molar-refractivity contribution >= 4 is 46.8 Å². The summed E-state index contributed by atoms with van der Waals surface area (Å²) in [6, 6.07) is 5.76. The molecule has 7 nitrogen and oxygen atoms in total. The molecule has 1 spiro atoms. The quantitative estimate of drug-likeness (QED) is 0.414. The molecule has 0 saturated carbocycles. The van der Waals surface area contributed by atoms with Crippen molar-refractivity contribution in [2.75, 3.05) is 31.6 Å². The van der Waals surface area contributed by atoms with Gasteiger partial charge in [-0.3, -0.25) is 14.4 Å². The number of amides is 3. The monoisotopic (exact) mass is 559 g/mol. The Balaban J connectivity index is 1.85. The molecule has 1 aromatic rings. The summed E-state index contributed by atoms with van der Waals surface area (Å²) in [4.78, 5) is 47.5. The first-order valence-corrected chi connectivity index (χ1v) is 14.6. The number of likely N-dealkylation sites (tertiary alicyclic amines) is 1. The maximum Gasteiger partial charge on any atom is 0.251 e. The summed E-state index contributed by atoms with van der Waals surface area (Å²) in [7, 11) is 1.73. The molecule has 3 heterocycles. The van der Waals surface area contributed by atoms with E-state index in [0.29, 0.717) is 23.7 Å².